The Kier molecular flexibility index (Phi) is 5.48. The number of fused-ring (bicyclic) bond motifs is 2. The van der Waals surface area contributed by atoms with Crippen LogP contribution in [0.1, 0.15) is 13.3 Å². The van der Waals surface area contributed by atoms with Crippen LogP contribution in [0.5, 0.6) is 0 Å². The van der Waals surface area contributed by atoms with Gasteiger partial charge in [-0.25, -0.2) is 9.57 Å². The monoisotopic (exact) mass is 422 g/mol. The van der Waals surface area contributed by atoms with E-state index in [0.717, 1.165) is 52.6 Å². The molecule has 0 amide bonds. The maximum Gasteiger partial charge on any atom is 0.200 e. The topological polar surface area (TPSA) is 37.1 Å². The molecule has 1 unspecified atom stereocenters. The highest BCUT2D eigenvalue weighted by Crippen LogP contribution is 2.35. The standard InChI is InChI=1S/C24H32N3O2Si/c1-3-16-30(2)23-17-19(26-8-12-28-13-9-26)4-6-21(23)25-22-7-5-20(18-24(22)30)27-10-14-29-15-11-27/h4-7,17-18H,3,8-16H2,1-2H3/q+1. The second kappa shape index (κ2) is 8.25. The van der Waals surface area contributed by atoms with E-state index in [2.05, 4.69) is 59.4 Å². The quantitative estimate of drug-likeness (QED) is 0.427. The summed E-state index contributed by atoms with van der Waals surface area (Å²) in [5.41, 5.74) is 5.02. The van der Waals surface area contributed by atoms with E-state index in [-0.39, 0.29) is 0 Å². The third-order valence-corrected chi connectivity index (χ3v) is 11.6. The van der Waals surface area contributed by atoms with Gasteiger partial charge < -0.3 is 14.4 Å². The number of anilines is 1. The molecule has 2 fully saturated rings. The third-order valence-electron chi connectivity index (χ3n) is 6.89. The number of hydrogen-bond donors (Lipinski definition) is 0. The number of morpholine rings is 2. The van der Waals surface area contributed by atoms with Gasteiger partial charge in [-0.2, -0.15) is 0 Å². The minimum atomic E-state index is -1.88. The molecular formula is C24H32N3O2Si+. The van der Waals surface area contributed by atoms with Gasteiger partial charge in [0.05, 0.1) is 24.6 Å². The van der Waals surface area contributed by atoms with E-state index in [9.17, 15) is 0 Å². The van der Waals surface area contributed by atoms with Crippen molar-refractivity contribution >= 4 is 36.1 Å². The first-order valence-electron chi connectivity index (χ1n) is 11.4. The molecule has 4 aliphatic rings. The van der Waals surface area contributed by atoms with Gasteiger partial charge in [0.1, 0.15) is 21.3 Å². The van der Waals surface area contributed by atoms with E-state index in [0.29, 0.717) is 0 Å². The number of ether oxygens (including phenoxy) is 2. The lowest BCUT2D eigenvalue weighted by atomic mass is 10.1. The van der Waals surface area contributed by atoms with Crippen LogP contribution in [0.15, 0.2) is 46.6 Å². The first kappa shape index (κ1) is 19.9. The SMILES string of the molecule is CCC[Si]1(C)C2=CC(=[N+]3CCOCC3)C=CC2=Nc2ccc(N3CCOCC3)cc21. The first-order chi connectivity index (χ1) is 14.7. The predicted octanol–water partition coefficient (Wildman–Crippen LogP) is 2.82. The van der Waals surface area contributed by atoms with E-state index < -0.39 is 8.07 Å². The van der Waals surface area contributed by atoms with E-state index in [1.807, 2.05) is 0 Å². The van der Waals surface area contributed by atoms with Crippen molar-refractivity contribution in [1.82, 2.24) is 0 Å². The van der Waals surface area contributed by atoms with Gasteiger partial charge in [0.15, 0.2) is 18.8 Å². The first-order valence-corrected chi connectivity index (χ1v) is 14.1. The second-order valence-corrected chi connectivity index (χ2v) is 13.0. The molecule has 0 radical (unpaired) electrons. The molecule has 1 aromatic rings. The zero-order chi connectivity index (χ0) is 20.6. The minimum absolute atomic E-state index is 0.816. The Morgan fingerprint density at radius 3 is 2.60 bits per heavy atom. The summed E-state index contributed by atoms with van der Waals surface area (Å²) < 4.78 is 13.6. The molecule has 158 valence electrons. The molecule has 6 heteroatoms. The molecule has 1 aliphatic carbocycles. The normalized spacial score (nSPS) is 26.1. The molecule has 5 rings (SSSR count). The molecule has 0 saturated carbocycles. The van der Waals surface area contributed by atoms with Crippen molar-refractivity contribution in [2.24, 2.45) is 4.99 Å². The average Bonchev–Trinajstić information content (AvgIpc) is 2.80. The van der Waals surface area contributed by atoms with Crippen LogP contribution in [-0.2, 0) is 9.47 Å². The predicted molar refractivity (Wildman–Crippen MR) is 126 cm³/mol. The van der Waals surface area contributed by atoms with Crippen LogP contribution in [0.4, 0.5) is 11.4 Å². The molecule has 0 bridgehead atoms. The summed E-state index contributed by atoms with van der Waals surface area (Å²) in [5.74, 6) is 0. The molecule has 1 aromatic carbocycles. The molecule has 0 spiro atoms. The van der Waals surface area contributed by atoms with Crippen LogP contribution in [0.25, 0.3) is 0 Å². The Morgan fingerprint density at radius 2 is 1.83 bits per heavy atom. The molecule has 5 nitrogen and oxygen atoms in total. The molecule has 0 N–H and O–H groups in total. The number of benzene rings is 1. The lowest BCUT2D eigenvalue weighted by molar-refractivity contribution is -0.547. The maximum absolute atomic E-state index is 5.57. The smallest absolute Gasteiger partial charge is 0.200 e. The summed E-state index contributed by atoms with van der Waals surface area (Å²) in [4.78, 5) is 7.57. The molecule has 3 aliphatic heterocycles. The van der Waals surface area contributed by atoms with Crippen LogP contribution in [0.3, 0.4) is 0 Å². The lowest BCUT2D eigenvalue weighted by Gasteiger charge is -2.37. The van der Waals surface area contributed by atoms with Gasteiger partial charge in [0.25, 0.3) is 0 Å². The average molecular weight is 423 g/mol. The van der Waals surface area contributed by atoms with Crippen molar-refractivity contribution in [3.63, 3.8) is 0 Å². The highest BCUT2D eigenvalue weighted by molar-refractivity contribution is 7.02. The fourth-order valence-electron chi connectivity index (χ4n) is 5.21. The van der Waals surface area contributed by atoms with Gasteiger partial charge in [-0.05, 0) is 40.7 Å². The summed E-state index contributed by atoms with van der Waals surface area (Å²) >= 11 is 0. The second-order valence-electron chi connectivity index (χ2n) is 8.80. The molecule has 3 heterocycles. The fourth-order valence-corrected chi connectivity index (χ4v) is 9.38. The number of aliphatic imine (C=N–C) groups is 1. The van der Waals surface area contributed by atoms with Crippen molar-refractivity contribution in [3.05, 3.63) is 41.6 Å². The highest BCUT2D eigenvalue weighted by atomic mass is 28.3. The zero-order valence-corrected chi connectivity index (χ0v) is 19.2. The van der Waals surface area contributed by atoms with E-state index in [1.165, 1.54) is 45.6 Å². The summed E-state index contributed by atoms with van der Waals surface area (Å²) in [6.07, 6.45) is 8.16. The number of hydrogen-bond acceptors (Lipinski definition) is 4. The Balaban J connectivity index is 1.59. The largest absolute Gasteiger partial charge is 0.378 e. The lowest BCUT2D eigenvalue weighted by Crippen LogP contribution is -2.52. The third kappa shape index (κ3) is 3.51. The fraction of sp³-hybridized carbons (Fsp3) is 0.500. The number of rotatable bonds is 3. The Morgan fingerprint density at radius 1 is 1.07 bits per heavy atom. The van der Waals surface area contributed by atoms with Crippen LogP contribution < -0.4 is 10.1 Å². The van der Waals surface area contributed by atoms with Crippen LogP contribution in [0, 0.1) is 0 Å². The van der Waals surface area contributed by atoms with Gasteiger partial charge in [-0.3, -0.25) is 0 Å². The van der Waals surface area contributed by atoms with Gasteiger partial charge in [0, 0.05) is 30.9 Å². The summed E-state index contributed by atoms with van der Waals surface area (Å²) in [6.45, 7) is 12.0. The summed E-state index contributed by atoms with van der Waals surface area (Å²) in [7, 11) is -1.88. The van der Waals surface area contributed by atoms with Gasteiger partial charge in [-0.1, -0.05) is 19.9 Å². The molecule has 0 aromatic heterocycles. The molecular weight excluding hydrogens is 390 g/mol. The van der Waals surface area contributed by atoms with Crippen LogP contribution in [-0.4, -0.2) is 76.7 Å². The van der Waals surface area contributed by atoms with Crippen molar-refractivity contribution < 1.29 is 14.0 Å². The Labute approximate surface area is 180 Å². The number of nitrogens with zero attached hydrogens (tertiary/aromatic N) is 3. The Bertz CT molecular complexity index is 951. The minimum Gasteiger partial charge on any atom is -0.378 e. The Hall–Kier alpha value is -2.02. The van der Waals surface area contributed by atoms with Crippen molar-refractivity contribution in [1.29, 1.82) is 0 Å². The van der Waals surface area contributed by atoms with Crippen molar-refractivity contribution in [2.45, 2.75) is 25.9 Å². The van der Waals surface area contributed by atoms with E-state index in [4.69, 9.17) is 14.5 Å². The van der Waals surface area contributed by atoms with Crippen LogP contribution >= 0.6 is 0 Å². The van der Waals surface area contributed by atoms with Crippen molar-refractivity contribution in [3.8, 4) is 0 Å². The number of allylic oxidation sites excluding steroid dienone is 4. The van der Waals surface area contributed by atoms with E-state index >= 15 is 0 Å². The van der Waals surface area contributed by atoms with Gasteiger partial charge in [0.2, 0.25) is 0 Å². The summed E-state index contributed by atoms with van der Waals surface area (Å²) in [6, 6.07) is 8.21. The van der Waals surface area contributed by atoms with Crippen LogP contribution in [0.2, 0.25) is 12.6 Å². The van der Waals surface area contributed by atoms with Gasteiger partial charge >= 0.3 is 0 Å². The molecule has 30 heavy (non-hydrogen) atoms. The summed E-state index contributed by atoms with van der Waals surface area (Å²) in [5, 5.41) is 3.00. The maximum atomic E-state index is 5.57. The van der Waals surface area contributed by atoms with Gasteiger partial charge in [-0.15, -0.1) is 0 Å². The molecule has 1 atom stereocenters. The highest BCUT2D eigenvalue weighted by Gasteiger charge is 2.42. The van der Waals surface area contributed by atoms with Crippen molar-refractivity contribution in [2.75, 3.05) is 57.5 Å². The van der Waals surface area contributed by atoms with E-state index in [1.54, 1.807) is 0 Å². The zero-order valence-electron chi connectivity index (χ0n) is 18.2. The molecule has 2 saturated heterocycles.